The van der Waals surface area contributed by atoms with Gasteiger partial charge in [0, 0.05) is 23.2 Å². The van der Waals surface area contributed by atoms with Crippen LogP contribution in [0.1, 0.15) is 36.5 Å². The summed E-state index contributed by atoms with van der Waals surface area (Å²) < 4.78 is 2.18. The monoisotopic (exact) mass is 358 g/mol. The van der Waals surface area contributed by atoms with Gasteiger partial charge in [0.2, 0.25) is 0 Å². The highest BCUT2D eigenvalue weighted by atomic mass is 32.2. The Labute approximate surface area is 151 Å². The second-order valence-electron chi connectivity index (χ2n) is 5.69. The molecule has 0 atom stereocenters. The highest BCUT2D eigenvalue weighted by Gasteiger charge is 2.14. The van der Waals surface area contributed by atoms with Crippen LogP contribution in [0.3, 0.4) is 0 Å². The lowest BCUT2D eigenvalue weighted by Crippen LogP contribution is -2.00. The van der Waals surface area contributed by atoms with E-state index in [4.69, 9.17) is 0 Å². The van der Waals surface area contributed by atoms with Gasteiger partial charge in [0.25, 0.3) is 0 Å². The molecular formula is C18H22N4S2. The average molecular weight is 359 g/mol. The van der Waals surface area contributed by atoms with E-state index in [9.17, 15) is 0 Å². The molecule has 0 saturated heterocycles. The summed E-state index contributed by atoms with van der Waals surface area (Å²) in [5.74, 6) is 1.78. The Morgan fingerprint density at radius 1 is 1.21 bits per heavy atom. The molecule has 0 aliphatic carbocycles. The van der Waals surface area contributed by atoms with Gasteiger partial charge in [-0.2, -0.15) is 0 Å². The summed E-state index contributed by atoms with van der Waals surface area (Å²) in [6, 6.07) is 8.41. The van der Waals surface area contributed by atoms with Gasteiger partial charge in [0.15, 0.2) is 11.0 Å². The lowest BCUT2D eigenvalue weighted by Gasteiger charge is -2.07. The quantitative estimate of drug-likeness (QED) is 0.559. The molecule has 2 heterocycles. The molecule has 0 saturated carbocycles. The third kappa shape index (κ3) is 3.87. The molecule has 0 amide bonds. The van der Waals surface area contributed by atoms with Crippen molar-refractivity contribution in [3.05, 3.63) is 45.9 Å². The predicted octanol–water partition coefficient (Wildman–Crippen LogP) is 4.97. The summed E-state index contributed by atoms with van der Waals surface area (Å²) in [6.45, 7) is 7.28. The SMILES string of the molecule is CCCc1nc(CSc2nnc(-c3cccc(C)c3)n2CC)cs1. The Morgan fingerprint density at radius 2 is 2.08 bits per heavy atom. The molecule has 0 fully saturated rings. The first kappa shape index (κ1) is 17.2. The number of benzene rings is 1. The number of hydrogen-bond acceptors (Lipinski definition) is 5. The second-order valence-corrected chi connectivity index (χ2v) is 7.58. The van der Waals surface area contributed by atoms with Crippen molar-refractivity contribution in [2.24, 2.45) is 0 Å². The molecule has 0 bridgehead atoms. The zero-order valence-corrected chi connectivity index (χ0v) is 16.0. The fourth-order valence-corrected chi connectivity index (χ4v) is 4.46. The molecule has 24 heavy (non-hydrogen) atoms. The molecule has 1 aromatic carbocycles. The van der Waals surface area contributed by atoms with Crippen molar-refractivity contribution >= 4 is 23.1 Å². The molecule has 0 N–H and O–H groups in total. The van der Waals surface area contributed by atoms with Crippen LogP contribution in [0.15, 0.2) is 34.8 Å². The van der Waals surface area contributed by atoms with Crippen LogP contribution in [0.5, 0.6) is 0 Å². The Balaban J connectivity index is 1.76. The fourth-order valence-electron chi connectivity index (χ4n) is 2.56. The number of thioether (sulfide) groups is 1. The Bertz CT molecular complexity index is 807. The number of thiazole rings is 1. The standard InChI is InChI=1S/C18H22N4S2/c1-4-7-16-19-15(11-23-16)12-24-18-21-20-17(22(18)5-2)14-9-6-8-13(3)10-14/h6,8-11H,4-5,7,12H2,1-3H3. The maximum atomic E-state index is 4.69. The Hall–Kier alpha value is -1.66. The van der Waals surface area contributed by atoms with Crippen LogP contribution in [0.2, 0.25) is 0 Å². The van der Waals surface area contributed by atoms with E-state index in [2.05, 4.69) is 70.2 Å². The van der Waals surface area contributed by atoms with E-state index in [0.29, 0.717) is 0 Å². The third-order valence-electron chi connectivity index (χ3n) is 3.72. The first-order valence-corrected chi connectivity index (χ1v) is 10.1. The summed E-state index contributed by atoms with van der Waals surface area (Å²) in [5, 5.41) is 13.2. The van der Waals surface area contributed by atoms with Crippen LogP contribution >= 0.6 is 23.1 Å². The van der Waals surface area contributed by atoms with Crippen LogP contribution in [0.4, 0.5) is 0 Å². The minimum atomic E-state index is 0.839. The van der Waals surface area contributed by atoms with Crippen molar-refractivity contribution in [3.8, 4) is 11.4 Å². The van der Waals surface area contributed by atoms with Crippen molar-refractivity contribution in [2.45, 2.75) is 51.1 Å². The van der Waals surface area contributed by atoms with Gasteiger partial charge in [-0.3, -0.25) is 0 Å². The second kappa shape index (κ2) is 7.94. The van der Waals surface area contributed by atoms with E-state index in [0.717, 1.165) is 47.4 Å². The van der Waals surface area contributed by atoms with Crippen LogP contribution < -0.4 is 0 Å². The summed E-state index contributed by atoms with van der Waals surface area (Å²) in [4.78, 5) is 4.69. The number of nitrogens with zero attached hydrogens (tertiary/aromatic N) is 4. The van der Waals surface area contributed by atoms with Gasteiger partial charge >= 0.3 is 0 Å². The largest absolute Gasteiger partial charge is 0.302 e. The topological polar surface area (TPSA) is 43.6 Å². The Morgan fingerprint density at radius 3 is 2.83 bits per heavy atom. The lowest BCUT2D eigenvalue weighted by molar-refractivity contribution is 0.687. The molecule has 0 spiro atoms. The minimum absolute atomic E-state index is 0.839. The molecule has 4 nitrogen and oxygen atoms in total. The van der Waals surface area contributed by atoms with Crippen molar-refractivity contribution in [3.63, 3.8) is 0 Å². The van der Waals surface area contributed by atoms with Gasteiger partial charge < -0.3 is 4.57 Å². The van der Waals surface area contributed by atoms with E-state index >= 15 is 0 Å². The molecule has 0 aliphatic heterocycles. The van der Waals surface area contributed by atoms with Crippen LogP contribution in [0.25, 0.3) is 11.4 Å². The molecule has 0 aliphatic rings. The minimum Gasteiger partial charge on any atom is -0.302 e. The summed E-state index contributed by atoms with van der Waals surface area (Å²) >= 11 is 3.46. The van der Waals surface area contributed by atoms with Crippen LogP contribution in [-0.4, -0.2) is 19.7 Å². The number of aromatic nitrogens is 4. The maximum absolute atomic E-state index is 4.69. The molecule has 0 radical (unpaired) electrons. The first-order chi connectivity index (χ1) is 11.7. The van der Waals surface area contributed by atoms with Gasteiger partial charge in [0.1, 0.15) is 0 Å². The zero-order valence-electron chi connectivity index (χ0n) is 14.3. The maximum Gasteiger partial charge on any atom is 0.191 e. The van der Waals surface area contributed by atoms with E-state index in [1.807, 2.05) is 0 Å². The van der Waals surface area contributed by atoms with Crippen molar-refractivity contribution in [1.82, 2.24) is 19.7 Å². The molecule has 3 rings (SSSR count). The van der Waals surface area contributed by atoms with Crippen molar-refractivity contribution in [1.29, 1.82) is 0 Å². The fraction of sp³-hybridized carbons (Fsp3) is 0.389. The smallest absolute Gasteiger partial charge is 0.191 e. The summed E-state index contributed by atoms with van der Waals surface area (Å²) in [5.41, 5.74) is 3.49. The highest BCUT2D eigenvalue weighted by Crippen LogP contribution is 2.27. The Kier molecular flexibility index (Phi) is 5.68. The van der Waals surface area contributed by atoms with Crippen molar-refractivity contribution < 1.29 is 0 Å². The lowest BCUT2D eigenvalue weighted by atomic mass is 10.1. The van der Waals surface area contributed by atoms with Crippen LogP contribution in [-0.2, 0) is 18.7 Å². The van der Waals surface area contributed by atoms with Gasteiger partial charge in [-0.25, -0.2) is 4.98 Å². The molecule has 2 aromatic heterocycles. The molecule has 0 unspecified atom stereocenters. The van der Waals surface area contributed by atoms with E-state index in [1.54, 1.807) is 23.1 Å². The third-order valence-corrected chi connectivity index (χ3v) is 5.68. The number of aryl methyl sites for hydroxylation is 2. The van der Waals surface area contributed by atoms with E-state index in [1.165, 1.54) is 10.6 Å². The van der Waals surface area contributed by atoms with Crippen molar-refractivity contribution in [2.75, 3.05) is 0 Å². The first-order valence-electron chi connectivity index (χ1n) is 8.27. The molecule has 3 aromatic rings. The number of rotatable bonds is 7. The number of hydrogen-bond donors (Lipinski definition) is 0. The van der Waals surface area contributed by atoms with Crippen LogP contribution in [0, 0.1) is 6.92 Å². The zero-order chi connectivity index (χ0) is 16.9. The molecule has 6 heteroatoms. The van der Waals surface area contributed by atoms with Gasteiger partial charge in [0.05, 0.1) is 10.7 Å². The van der Waals surface area contributed by atoms with Gasteiger partial charge in [-0.15, -0.1) is 21.5 Å². The van der Waals surface area contributed by atoms with E-state index in [-0.39, 0.29) is 0 Å². The molecular weight excluding hydrogens is 336 g/mol. The highest BCUT2D eigenvalue weighted by molar-refractivity contribution is 7.98. The summed E-state index contributed by atoms with van der Waals surface area (Å²) in [7, 11) is 0. The van der Waals surface area contributed by atoms with E-state index < -0.39 is 0 Å². The molecule has 126 valence electrons. The normalized spacial score (nSPS) is 11.1. The van der Waals surface area contributed by atoms with Gasteiger partial charge in [-0.1, -0.05) is 42.4 Å². The van der Waals surface area contributed by atoms with Gasteiger partial charge in [-0.05, 0) is 32.8 Å². The predicted molar refractivity (Wildman–Crippen MR) is 102 cm³/mol. The summed E-state index contributed by atoms with van der Waals surface area (Å²) in [6.07, 6.45) is 2.21. The average Bonchev–Trinajstić information content (AvgIpc) is 3.19.